The Kier molecular flexibility index (Phi) is 7.39. The molecule has 1 atom stereocenters. The first-order chi connectivity index (χ1) is 12.8. The van der Waals surface area contributed by atoms with Crippen molar-refractivity contribution in [1.29, 1.82) is 0 Å². The molecule has 5 nitrogen and oxygen atoms in total. The first-order valence-electron chi connectivity index (χ1n) is 9.08. The Morgan fingerprint density at radius 2 is 1.70 bits per heavy atom. The molecule has 0 aliphatic rings. The van der Waals surface area contributed by atoms with Gasteiger partial charge < -0.3 is 9.47 Å². The van der Waals surface area contributed by atoms with E-state index in [1.54, 1.807) is 19.1 Å². The van der Waals surface area contributed by atoms with E-state index in [2.05, 4.69) is 0 Å². The zero-order chi connectivity index (χ0) is 19.9. The van der Waals surface area contributed by atoms with Crippen LogP contribution in [-0.2, 0) is 27.5 Å². The van der Waals surface area contributed by atoms with E-state index in [1.807, 2.05) is 75.4 Å². The number of ether oxygens (including phenoxy) is 2. The number of hydrogen-bond acceptors (Lipinski definition) is 5. The quantitative estimate of drug-likeness (QED) is 0.510. The molecule has 2 aromatic carbocycles. The molecular formula is C22H29NO4. The SMILES string of the molecule is COc1cccc(CN(OCc2ccccc2)C(C)C(=O)OC(C)(C)C)c1. The molecule has 2 aromatic rings. The monoisotopic (exact) mass is 371 g/mol. The molecular weight excluding hydrogens is 342 g/mol. The van der Waals surface area contributed by atoms with E-state index in [0.29, 0.717) is 13.2 Å². The van der Waals surface area contributed by atoms with E-state index in [-0.39, 0.29) is 5.97 Å². The van der Waals surface area contributed by atoms with Crippen molar-refractivity contribution in [1.82, 2.24) is 5.06 Å². The fourth-order valence-electron chi connectivity index (χ4n) is 2.48. The molecule has 27 heavy (non-hydrogen) atoms. The van der Waals surface area contributed by atoms with Crippen LogP contribution in [0.15, 0.2) is 54.6 Å². The smallest absolute Gasteiger partial charge is 0.326 e. The lowest BCUT2D eigenvalue weighted by Crippen LogP contribution is -2.42. The lowest BCUT2D eigenvalue weighted by Gasteiger charge is -2.29. The van der Waals surface area contributed by atoms with Crippen molar-refractivity contribution in [2.75, 3.05) is 7.11 Å². The molecule has 2 rings (SSSR count). The van der Waals surface area contributed by atoms with Gasteiger partial charge >= 0.3 is 5.97 Å². The molecule has 0 heterocycles. The summed E-state index contributed by atoms with van der Waals surface area (Å²) in [6.07, 6.45) is 0. The largest absolute Gasteiger partial charge is 0.497 e. The molecule has 0 radical (unpaired) electrons. The van der Waals surface area contributed by atoms with Gasteiger partial charge in [0.15, 0.2) is 0 Å². The molecule has 0 aliphatic carbocycles. The summed E-state index contributed by atoms with van der Waals surface area (Å²) in [4.78, 5) is 18.6. The molecule has 0 spiro atoms. The van der Waals surface area contributed by atoms with E-state index in [1.165, 1.54) is 0 Å². The minimum absolute atomic E-state index is 0.321. The van der Waals surface area contributed by atoms with E-state index in [0.717, 1.165) is 16.9 Å². The summed E-state index contributed by atoms with van der Waals surface area (Å²) >= 11 is 0. The summed E-state index contributed by atoms with van der Waals surface area (Å²) in [6.45, 7) is 8.17. The third kappa shape index (κ3) is 7.04. The van der Waals surface area contributed by atoms with Gasteiger partial charge in [0.25, 0.3) is 0 Å². The van der Waals surface area contributed by atoms with E-state index in [4.69, 9.17) is 14.3 Å². The van der Waals surface area contributed by atoms with Gasteiger partial charge in [-0.1, -0.05) is 42.5 Å². The number of carbonyl (C=O) groups excluding carboxylic acids is 1. The van der Waals surface area contributed by atoms with Crippen LogP contribution < -0.4 is 4.74 Å². The molecule has 0 bridgehead atoms. The summed E-state index contributed by atoms with van der Waals surface area (Å²) in [7, 11) is 1.63. The second kappa shape index (κ2) is 9.53. The molecule has 0 amide bonds. The Morgan fingerprint density at radius 1 is 1.04 bits per heavy atom. The second-order valence-electron chi connectivity index (χ2n) is 7.40. The second-order valence-corrected chi connectivity index (χ2v) is 7.40. The Morgan fingerprint density at radius 3 is 2.33 bits per heavy atom. The minimum atomic E-state index is -0.556. The first kappa shape index (κ1) is 20.9. The molecule has 0 saturated carbocycles. The number of hydroxylamine groups is 2. The molecule has 1 unspecified atom stereocenters. The highest BCUT2D eigenvalue weighted by Gasteiger charge is 2.28. The Bertz CT molecular complexity index is 725. The van der Waals surface area contributed by atoms with Gasteiger partial charge in [-0.15, -0.1) is 0 Å². The van der Waals surface area contributed by atoms with Gasteiger partial charge in [-0.2, -0.15) is 5.06 Å². The number of nitrogens with zero attached hydrogens (tertiary/aromatic N) is 1. The van der Waals surface area contributed by atoms with Crippen molar-refractivity contribution < 1.29 is 19.1 Å². The normalized spacial score (nSPS) is 12.7. The van der Waals surface area contributed by atoms with E-state index in [9.17, 15) is 4.79 Å². The third-order valence-corrected chi connectivity index (χ3v) is 3.89. The maximum absolute atomic E-state index is 12.6. The summed E-state index contributed by atoms with van der Waals surface area (Å²) in [5, 5.41) is 1.66. The number of esters is 1. The summed E-state index contributed by atoms with van der Waals surface area (Å²) < 4.78 is 10.8. The van der Waals surface area contributed by atoms with Crippen LogP contribution in [0.3, 0.4) is 0 Å². The fraction of sp³-hybridized carbons (Fsp3) is 0.409. The topological polar surface area (TPSA) is 48.0 Å². The minimum Gasteiger partial charge on any atom is -0.497 e. The Balaban J connectivity index is 2.14. The van der Waals surface area contributed by atoms with Gasteiger partial charge in [-0.3, -0.25) is 9.63 Å². The van der Waals surface area contributed by atoms with Crippen LogP contribution in [0.25, 0.3) is 0 Å². The van der Waals surface area contributed by atoms with Crippen LogP contribution in [0.4, 0.5) is 0 Å². The van der Waals surface area contributed by atoms with Gasteiger partial charge in [0.1, 0.15) is 17.4 Å². The van der Waals surface area contributed by atoms with E-state index < -0.39 is 11.6 Å². The maximum Gasteiger partial charge on any atom is 0.326 e. The summed E-state index contributed by atoms with van der Waals surface area (Å²) in [5.41, 5.74) is 1.47. The highest BCUT2D eigenvalue weighted by atomic mass is 16.7. The predicted octanol–water partition coefficient (Wildman–Crippen LogP) is 4.36. The van der Waals surface area contributed by atoms with Crippen LogP contribution in [-0.4, -0.2) is 29.8 Å². The average molecular weight is 371 g/mol. The molecule has 0 aliphatic heterocycles. The molecule has 0 saturated heterocycles. The fourth-order valence-corrected chi connectivity index (χ4v) is 2.48. The summed E-state index contributed by atoms with van der Waals surface area (Å²) in [6, 6.07) is 17.0. The van der Waals surface area contributed by atoms with Gasteiger partial charge in [-0.05, 0) is 51.0 Å². The Labute approximate surface area is 161 Å². The number of rotatable bonds is 8. The Hall–Kier alpha value is -2.37. The van der Waals surface area contributed by atoms with Gasteiger partial charge in [0.2, 0.25) is 0 Å². The van der Waals surface area contributed by atoms with Crippen LogP contribution in [0.2, 0.25) is 0 Å². The number of methoxy groups -OCH3 is 1. The van der Waals surface area contributed by atoms with Gasteiger partial charge in [0.05, 0.1) is 20.3 Å². The van der Waals surface area contributed by atoms with Crippen molar-refractivity contribution in [3.05, 3.63) is 65.7 Å². The van der Waals surface area contributed by atoms with Crippen molar-refractivity contribution in [2.45, 2.75) is 52.5 Å². The molecule has 5 heteroatoms. The van der Waals surface area contributed by atoms with Gasteiger partial charge in [-0.25, -0.2) is 0 Å². The lowest BCUT2D eigenvalue weighted by atomic mass is 10.1. The van der Waals surface area contributed by atoms with Crippen LogP contribution in [0.1, 0.15) is 38.8 Å². The highest BCUT2D eigenvalue weighted by Crippen LogP contribution is 2.19. The van der Waals surface area contributed by atoms with Crippen LogP contribution in [0.5, 0.6) is 5.75 Å². The van der Waals surface area contributed by atoms with Crippen molar-refractivity contribution in [2.24, 2.45) is 0 Å². The zero-order valence-corrected chi connectivity index (χ0v) is 16.8. The van der Waals surface area contributed by atoms with Gasteiger partial charge in [0, 0.05) is 0 Å². The first-order valence-corrected chi connectivity index (χ1v) is 9.08. The number of carbonyl (C=O) groups is 1. The van der Waals surface area contributed by atoms with Crippen molar-refractivity contribution in [3.63, 3.8) is 0 Å². The number of hydrogen-bond donors (Lipinski definition) is 0. The highest BCUT2D eigenvalue weighted by molar-refractivity contribution is 5.75. The molecule has 0 aromatic heterocycles. The molecule has 0 fully saturated rings. The lowest BCUT2D eigenvalue weighted by molar-refractivity contribution is -0.216. The average Bonchev–Trinajstić information content (AvgIpc) is 2.64. The van der Waals surface area contributed by atoms with Crippen molar-refractivity contribution >= 4 is 5.97 Å². The summed E-state index contributed by atoms with van der Waals surface area (Å²) in [5.74, 6) is 0.443. The maximum atomic E-state index is 12.6. The van der Waals surface area contributed by atoms with Crippen LogP contribution in [0, 0.1) is 0 Å². The molecule has 0 N–H and O–H groups in total. The van der Waals surface area contributed by atoms with Crippen molar-refractivity contribution in [3.8, 4) is 5.75 Å². The molecule has 146 valence electrons. The third-order valence-electron chi connectivity index (χ3n) is 3.89. The predicted molar refractivity (Wildman–Crippen MR) is 105 cm³/mol. The number of benzene rings is 2. The standard InChI is InChI=1S/C22H29NO4/c1-17(21(24)27-22(2,3)4)23(26-16-18-10-7-6-8-11-18)15-19-12-9-13-20(14-19)25-5/h6-14,17H,15-16H2,1-5H3. The van der Waals surface area contributed by atoms with E-state index >= 15 is 0 Å². The zero-order valence-electron chi connectivity index (χ0n) is 16.8. The van der Waals surface area contributed by atoms with Crippen LogP contribution >= 0.6 is 0 Å².